The number of ketones is 1. The summed E-state index contributed by atoms with van der Waals surface area (Å²) in [6.07, 6.45) is 10.3. The monoisotopic (exact) mass is 398 g/mol. The van der Waals surface area contributed by atoms with Crippen molar-refractivity contribution in [1.82, 2.24) is 0 Å². The fourth-order valence-corrected chi connectivity index (χ4v) is 9.72. The van der Waals surface area contributed by atoms with Crippen LogP contribution in [0.3, 0.4) is 0 Å². The molecule has 28 heavy (non-hydrogen) atoms. The van der Waals surface area contributed by atoms with E-state index >= 15 is 0 Å². The molecule has 9 unspecified atom stereocenters. The van der Waals surface area contributed by atoms with E-state index in [1.54, 1.807) is 0 Å². The molecule has 1 saturated heterocycles. The largest absolute Gasteiger partial charge is 0.458 e. The van der Waals surface area contributed by atoms with Crippen molar-refractivity contribution in [1.29, 1.82) is 0 Å². The van der Waals surface area contributed by atoms with E-state index in [1.165, 1.54) is 18.4 Å². The summed E-state index contributed by atoms with van der Waals surface area (Å²) in [6.45, 7) is 4.80. The van der Waals surface area contributed by atoms with E-state index in [0.29, 0.717) is 41.0 Å². The van der Waals surface area contributed by atoms with E-state index < -0.39 is 0 Å². The highest BCUT2D eigenvalue weighted by molar-refractivity contribution is 6.44. The Morgan fingerprint density at radius 3 is 2.68 bits per heavy atom. The molecule has 6 fully saturated rings. The minimum Gasteiger partial charge on any atom is -0.458 e. The number of hydrogen-bond donors (Lipinski definition) is 0. The van der Waals surface area contributed by atoms with Crippen molar-refractivity contribution in [2.75, 3.05) is 0 Å². The van der Waals surface area contributed by atoms with Crippen molar-refractivity contribution >= 4 is 23.4 Å². The van der Waals surface area contributed by atoms with E-state index in [-0.39, 0.29) is 28.2 Å². The van der Waals surface area contributed by atoms with Gasteiger partial charge in [-0.2, -0.15) is 0 Å². The first-order chi connectivity index (χ1) is 13.3. The molecule has 4 heteroatoms. The van der Waals surface area contributed by atoms with E-state index in [0.717, 1.165) is 31.1 Å². The SMILES string of the molecule is CC12C=C(Cl)C(=O)C=C1C1CC1C1C2CCC2(C)C1C1CC1[C@@]21CCC(=O)O1. The van der Waals surface area contributed by atoms with E-state index in [9.17, 15) is 9.59 Å². The molecule has 7 aliphatic rings. The zero-order valence-corrected chi connectivity index (χ0v) is 17.3. The van der Waals surface area contributed by atoms with E-state index in [1.807, 2.05) is 6.08 Å². The Bertz CT molecular complexity index is 919. The molecule has 5 saturated carbocycles. The minimum absolute atomic E-state index is 0.00108. The maximum Gasteiger partial charge on any atom is 0.306 e. The van der Waals surface area contributed by atoms with Gasteiger partial charge in [0.05, 0.1) is 5.03 Å². The van der Waals surface area contributed by atoms with Crippen LogP contribution < -0.4 is 0 Å². The van der Waals surface area contributed by atoms with Crippen molar-refractivity contribution in [3.05, 3.63) is 22.8 Å². The zero-order valence-electron chi connectivity index (χ0n) is 16.5. The molecule has 0 aromatic heterocycles. The van der Waals surface area contributed by atoms with Gasteiger partial charge in [-0.3, -0.25) is 9.59 Å². The molecule has 0 amide bonds. The highest BCUT2D eigenvalue weighted by Crippen LogP contribution is 2.82. The van der Waals surface area contributed by atoms with Gasteiger partial charge in [0.1, 0.15) is 5.60 Å². The molecule has 1 spiro atoms. The third-order valence-electron chi connectivity index (χ3n) is 10.5. The average molecular weight is 399 g/mol. The van der Waals surface area contributed by atoms with Crippen molar-refractivity contribution in [3.63, 3.8) is 0 Å². The van der Waals surface area contributed by atoms with Gasteiger partial charge < -0.3 is 4.74 Å². The molecule has 0 N–H and O–H groups in total. The predicted octanol–water partition coefficient (Wildman–Crippen LogP) is 4.65. The smallest absolute Gasteiger partial charge is 0.306 e. The minimum atomic E-state index is -0.179. The number of halogens is 1. The highest BCUT2D eigenvalue weighted by atomic mass is 35.5. The summed E-state index contributed by atoms with van der Waals surface area (Å²) in [5.74, 6) is 4.58. The number of rotatable bonds is 0. The Morgan fingerprint density at radius 1 is 1.11 bits per heavy atom. The second kappa shape index (κ2) is 4.63. The van der Waals surface area contributed by atoms with Gasteiger partial charge in [-0.25, -0.2) is 0 Å². The van der Waals surface area contributed by atoms with Gasteiger partial charge in [-0.05, 0) is 73.7 Å². The first-order valence-electron chi connectivity index (χ1n) is 11.2. The topological polar surface area (TPSA) is 43.4 Å². The molecule has 1 heterocycles. The molecule has 0 aromatic carbocycles. The number of carbonyl (C=O) groups excluding carboxylic acids is 2. The molecular formula is C24H27ClO3. The number of allylic oxidation sites excluding steroid dienone is 4. The van der Waals surface area contributed by atoms with E-state index in [4.69, 9.17) is 16.3 Å². The number of hydrogen-bond acceptors (Lipinski definition) is 3. The van der Waals surface area contributed by atoms with Gasteiger partial charge >= 0.3 is 5.97 Å². The molecule has 7 rings (SSSR count). The summed E-state index contributed by atoms with van der Waals surface area (Å²) < 4.78 is 6.20. The Labute approximate surface area is 170 Å². The Hall–Kier alpha value is -1.09. The normalized spacial score (nSPS) is 60.0. The molecule has 10 atom stereocenters. The van der Waals surface area contributed by atoms with Crippen LogP contribution in [-0.2, 0) is 14.3 Å². The van der Waals surface area contributed by atoms with Gasteiger partial charge in [-0.15, -0.1) is 0 Å². The number of carbonyl (C=O) groups is 2. The van der Waals surface area contributed by atoms with Crippen molar-refractivity contribution in [2.24, 2.45) is 52.3 Å². The van der Waals surface area contributed by atoms with Crippen LogP contribution in [0.25, 0.3) is 0 Å². The Balaban J connectivity index is 1.34. The molecule has 0 radical (unpaired) electrons. The van der Waals surface area contributed by atoms with Crippen LogP contribution in [0.2, 0.25) is 0 Å². The molecule has 1 aliphatic heterocycles. The summed E-state index contributed by atoms with van der Waals surface area (Å²) >= 11 is 6.37. The lowest BCUT2D eigenvalue weighted by Gasteiger charge is -2.59. The number of fused-ring (bicyclic) bond motifs is 12. The van der Waals surface area contributed by atoms with Crippen LogP contribution in [0.4, 0.5) is 0 Å². The lowest BCUT2D eigenvalue weighted by atomic mass is 9.46. The van der Waals surface area contributed by atoms with Crippen LogP contribution in [0.15, 0.2) is 22.8 Å². The van der Waals surface area contributed by atoms with Gasteiger partial charge in [0.25, 0.3) is 0 Å². The summed E-state index contributed by atoms with van der Waals surface area (Å²) in [6, 6.07) is 0. The summed E-state index contributed by atoms with van der Waals surface area (Å²) in [4.78, 5) is 24.4. The number of esters is 1. The Kier molecular flexibility index (Phi) is 2.76. The Morgan fingerprint density at radius 2 is 1.93 bits per heavy atom. The van der Waals surface area contributed by atoms with Gasteiger partial charge in [-0.1, -0.05) is 37.1 Å². The summed E-state index contributed by atoms with van der Waals surface area (Å²) in [7, 11) is 0. The molecule has 0 aromatic rings. The second-order valence-corrected chi connectivity index (χ2v) is 11.7. The van der Waals surface area contributed by atoms with Crippen LogP contribution in [0, 0.1) is 52.3 Å². The standard InChI is InChI=1S/C24H27ClO3/c1-22-10-17(25)18(26)9-15(22)11-7-12(11)20-14(22)3-5-23(2)21(20)13-8-16(13)24(23)6-4-19(27)28-24/h9-14,16,20-21H,3-8H2,1-2H3/t11?,12?,13?,14?,16?,20?,21?,22?,23?,24-/m0/s1. The number of ether oxygens (including phenoxy) is 1. The fraction of sp³-hybridized carbons (Fsp3) is 0.750. The van der Waals surface area contributed by atoms with E-state index in [2.05, 4.69) is 19.9 Å². The second-order valence-electron chi connectivity index (χ2n) is 11.3. The average Bonchev–Trinajstić information content (AvgIpc) is 3.54. The van der Waals surface area contributed by atoms with Crippen molar-refractivity contribution in [2.45, 2.75) is 58.0 Å². The third-order valence-corrected chi connectivity index (χ3v) is 10.8. The van der Waals surface area contributed by atoms with Crippen LogP contribution in [0.1, 0.15) is 52.4 Å². The van der Waals surface area contributed by atoms with Gasteiger partial charge in [0.15, 0.2) is 5.78 Å². The fourth-order valence-electron chi connectivity index (χ4n) is 9.44. The molecule has 148 valence electrons. The molecular weight excluding hydrogens is 372 g/mol. The third kappa shape index (κ3) is 1.61. The summed E-state index contributed by atoms with van der Waals surface area (Å²) in [5, 5.41) is 0.411. The predicted molar refractivity (Wildman–Crippen MR) is 104 cm³/mol. The lowest BCUT2D eigenvalue weighted by molar-refractivity contribution is -0.176. The first-order valence-corrected chi connectivity index (χ1v) is 11.5. The maximum absolute atomic E-state index is 12.3. The van der Waals surface area contributed by atoms with Crippen molar-refractivity contribution in [3.8, 4) is 0 Å². The molecule has 6 aliphatic carbocycles. The van der Waals surface area contributed by atoms with Crippen LogP contribution in [-0.4, -0.2) is 17.4 Å². The van der Waals surface area contributed by atoms with Crippen molar-refractivity contribution < 1.29 is 14.3 Å². The molecule has 3 nitrogen and oxygen atoms in total. The van der Waals surface area contributed by atoms with Crippen LogP contribution >= 0.6 is 11.6 Å². The highest BCUT2D eigenvalue weighted by Gasteiger charge is 2.81. The summed E-state index contributed by atoms with van der Waals surface area (Å²) in [5.41, 5.74) is 1.25. The zero-order chi connectivity index (χ0) is 19.2. The van der Waals surface area contributed by atoms with Crippen LogP contribution in [0.5, 0.6) is 0 Å². The first kappa shape index (κ1) is 16.7. The molecule has 0 bridgehead atoms. The van der Waals surface area contributed by atoms with Gasteiger partial charge in [0.2, 0.25) is 0 Å². The lowest BCUT2D eigenvalue weighted by Crippen LogP contribution is -2.57. The quantitative estimate of drug-likeness (QED) is 0.558. The maximum atomic E-state index is 12.3. The van der Waals surface area contributed by atoms with Gasteiger partial charge in [0, 0.05) is 23.2 Å².